The van der Waals surface area contributed by atoms with Crippen LogP contribution >= 0.6 is 11.6 Å². The lowest BCUT2D eigenvalue weighted by molar-refractivity contribution is 0.0600. The average molecular weight is 335 g/mol. The quantitative estimate of drug-likeness (QED) is 0.801. The summed E-state index contributed by atoms with van der Waals surface area (Å²) in [7, 11) is 1.35. The van der Waals surface area contributed by atoms with E-state index in [1.165, 1.54) is 7.11 Å². The lowest BCUT2D eigenvalue weighted by Gasteiger charge is -2.20. The fourth-order valence-electron chi connectivity index (χ4n) is 2.22. The minimum absolute atomic E-state index is 0.327. The Morgan fingerprint density at radius 3 is 2.65 bits per heavy atom. The summed E-state index contributed by atoms with van der Waals surface area (Å²) in [6.07, 6.45) is 0. The first-order valence-electron chi connectivity index (χ1n) is 7.06. The van der Waals surface area contributed by atoms with Crippen LogP contribution in [0.25, 0.3) is 0 Å². The third-order valence-electron chi connectivity index (χ3n) is 3.34. The van der Waals surface area contributed by atoms with Crippen LogP contribution < -0.4 is 14.2 Å². The van der Waals surface area contributed by atoms with E-state index in [9.17, 15) is 4.79 Å². The Labute approximate surface area is 138 Å². The first kappa shape index (κ1) is 15.5. The van der Waals surface area contributed by atoms with Gasteiger partial charge in [-0.05, 0) is 42.0 Å². The molecule has 0 N–H and O–H groups in total. The Balaban J connectivity index is 1.68. The Kier molecular flexibility index (Phi) is 4.57. The number of hydrogen-bond acceptors (Lipinski definition) is 5. The number of halogens is 1. The van der Waals surface area contributed by atoms with E-state index in [0.717, 1.165) is 5.56 Å². The predicted molar refractivity (Wildman–Crippen MR) is 84.6 cm³/mol. The molecule has 6 heteroatoms. The van der Waals surface area contributed by atoms with Gasteiger partial charge in [-0.1, -0.05) is 11.6 Å². The molecule has 0 amide bonds. The lowest BCUT2D eigenvalue weighted by atomic mass is 10.2. The van der Waals surface area contributed by atoms with Crippen LogP contribution in [0.3, 0.4) is 0 Å². The summed E-state index contributed by atoms with van der Waals surface area (Å²) in [4.78, 5) is 11.4. The molecule has 0 unspecified atom stereocenters. The number of rotatable bonds is 4. The molecule has 5 nitrogen and oxygen atoms in total. The SMILES string of the molecule is COC(=O)c1ccc(OCc2cc(Cl)c3c(c2)OCCO3)cc1. The topological polar surface area (TPSA) is 54.0 Å². The van der Waals surface area contributed by atoms with Gasteiger partial charge in [0.2, 0.25) is 0 Å². The zero-order valence-corrected chi connectivity index (χ0v) is 13.3. The van der Waals surface area contributed by atoms with Crippen molar-refractivity contribution in [2.75, 3.05) is 20.3 Å². The molecule has 2 aromatic carbocycles. The van der Waals surface area contributed by atoms with E-state index in [2.05, 4.69) is 4.74 Å². The van der Waals surface area contributed by atoms with E-state index in [1.807, 2.05) is 6.07 Å². The van der Waals surface area contributed by atoms with Crippen LogP contribution in [-0.2, 0) is 11.3 Å². The summed E-state index contributed by atoms with van der Waals surface area (Å²) in [5.74, 6) is 1.46. The number of ether oxygens (including phenoxy) is 4. The van der Waals surface area contributed by atoms with Crippen molar-refractivity contribution in [1.82, 2.24) is 0 Å². The maximum absolute atomic E-state index is 11.4. The Morgan fingerprint density at radius 1 is 1.17 bits per heavy atom. The van der Waals surface area contributed by atoms with Crippen LogP contribution in [0.15, 0.2) is 36.4 Å². The minimum atomic E-state index is -0.379. The van der Waals surface area contributed by atoms with Crippen LogP contribution in [0.5, 0.6) is 17.2 Å². The average Bonchev–Trinajstić information content (AvgIpc) is 2.60. The molecule has 0 saturated heterocycles. The van der Waals surface area contributed by atoms with Crippen molar-refractivity contribution in [3.63, 3.8) is 0 Å². The molecule has 0 aliphatic carbocycles. The van der Waals surface area contributed by atoms with Crippen LogP contribution in [0.4, 0.5) is 0 Å². The van der Waals surface area contributed by atoms with Crippen LogP contribution in [-0.4, -0.2) is 26.3 Å². The third kappa shape index (κ3) is 3.51. The molecule has 2 aromatic rings. The van der Waals surface area contributed by atoms with Gasteiger partial charge in [-0.2, -0.15) is 0 Å². The molecule has 0 radical (unpaired) electrons. The molecule has 0 saturated carbocycles. The molecule has 23 heavy (non-hydrogen) atoms. The number of esters is 1. The summed E-state index contributed by atoms with van der Waals surface area (Å²) in [6, 6.07) is 10.4. The van der Waals surface area contributed by atoms with Crippen molar-refractivity contribution in [3.8, 4) is 17.2 Å². The number of hydrogen-bond donors (Lipinski definition) is 0. The Bertz CT molecular complexity index is 712. The van der Waals surface area contributed by atoms with Crippen molar-refractivity contribution in [1.29, 1.82) is 0 Å². The fraction of sp³-hybridized carbons (Fsp3) is 0.235. The molecule has 1 aliphatic heterocycles. The molecular formula is C17H15ClO5. The van der Waals surface area contributed by atoms with Gasteiger partial charge < -0.3 is 18.9 Å². The maximum atomic E-state index is 11.4. The van der Waals surface area contributed by atoms with Gasteiger partial charge in [-0.15, -0.1) is 0 Å². The first-order chi connectivity index (χ1) is 11.2. The molecule has 120 valence electrons. The number of fused-ring (bicyclic) bond motifs is 1. The van der Waals surface area contributed by atoms with E-state index in [0.29, 0.717) is 47.7 Å². The first-order valence-corrected chi connectivity index (χ1v) is 7.44. The number of methoxy groups -OCH3 is 1. The van der Waals surface area contributed by atoms with E-state index in [-0.39, 0.29) is 5.97 Å². The molecule has 0 fully saturated rings. The highest BCUT2D eigenvalue weighted by Gasteiger charge is 2.16. The molecule has 0 bridgehead atoms. The molecule has 1 heterocycles. The predicted octanol–water partition coefficient (Wildman–Crippen LogP) is 3.48. The second-order valence-corrected chi connectivity index (χ2v) is 5.31. The van der Waals surface area contributed by atoms with Crippen molar-refractivity contribution < 1.29 is 23.7 Å². The van der Waals surface area contributed by atoms with Crippen molar-refractivity contribution >= 4 is 17.6 Å². The Hall–Kier alpha value is -2.40. The van der Waals surface area contributed by atoms with Crippen molar-refractivity contribution in [3.05, 3.63) is 52.5 Å². The number of carbonyl (C=O) groups is 1. The lowest BCUT2D eigenvalue weighted by Crippen LogP contribution is -2.16. The fourth-order valence-corrected chi connectivity index (χ4v) is 2.51. The van der Waals surface area contributed by atoms with Gasteiger partial charge in [0.1, 0.15) is 25.6 Å². The molecule has 0 aromatic heterocycles. The normalized spacial score (nSPS) is 12.6. The van der Waals surface area contributed by atoms with Crippen LogP contribution in [0.2, 0.25) is 5.02 Å². The standard InChI is InChI=1S/C17H15ClO5/c1-20-17(19)12-2-4-13(5-3-12)23-10-11-8-14(18)16-15(9-11)21-6-7-22-16/h2-5,8-9H,6-7,10H2,1H3. The second kappa shape index (κ2) is 6.79. The molecule has 0 spiro atoms. The van der Waals surface area contributed by atoms with Gasteiger partial charge in [0, 0.05) is 0 Å². The second-order valence-electron chi connectivity index (χ2n) is 4.91. The number of carbonyl (C=O) groups excluding carboxylic acids is 1. The van der Waals surface area contributed by atoms with Crippen LogP contribution in [0, 0.1) is 0 Å². The zero-order chi connectivity index (χ0) is 16.2. The largest absolute Gasteiger partial charge is 0.489 e. The summed E-state index contributed by atoms with van der Waals surface area (Å²) in [5.41, 5.74) is 1.35. The van der Waals surface area contributed by atoms with Gasteiger partial charge in [-0.25, -0.2) is 4.79 Å². The third-order valence-corrected chi connectivity index (χ3v) is 3.62. The molecular weight excluding hydrogens is 320 g/mol. The maximum Gasteiger partial charge on any atom is 0.337 e. The highest BCUT2D eigenvalue weighted by atomic mass is 35.5. The van der Waals surface area contributed by atoms with Gasteiger partial charge in [-0.3, -0.25) is 0 Å². The van der Waals surface area contributed by atoms with Gasteiger partial charge in [0.05, 0.1) is 17.7 Å². The van der Waals surface area contributed by atoms with Crippen LogP contribution in [0.1, 0.15) is 15.9 Å². The smallest absolute Gasteiger partial charge is 0.337 e. The Morgan fingerprint density at radius 2 is 1.91 bits per heavy atom. The summed E-state index contributed by atoms with van der Waals surface area (Å²) < 4.78 is 21.4. The molecule has 0 atom stereocenters. The summed E-state index contributed by atoms with van der Waals surface area (Å²) in [5, 5.41) is 0.502. The molecule has 1 aliphatic rings. The van der Waals surface area contributed by atoms with Gasteiger partial charge in [0.25, 0.3) is 0 Å². The highest BCUT2D eigenvalue weighted by Crippen LogP contribution is 2.38. The van der Waals surface area contributed by atoms with E-state index in [4.69, 9.17) is 25.8 Å². The highest BCUT2D eigenvalue weighted by molar-refractivity contribution is 6.32. The zero-order valence-electron chi connectivity index (χ0n) is 12.5. The summed E-state index contributed by atoms with van der Waals surface area (Å²) >= 11 is 6.19. The van der Waals surface area contributed by atoms with Gasteiger partial charge >= 0.3 is 5.97 Å². The monoisotopic (exact) mass is 334 g/mol. The van der Waals surface area contributed by atoms with E-state index >= 15 is 0 Å². The van der Waals surface area contributed by atoms with E-state index < -0.39 is 0 Å². The van der Waals surface area contributed by atoms with Gasteiger partial charge in [0.15, 0.2) is 11.5 Å². The minimum Gasteiger partial charge on any atom is -0.489 e. The van der Waals surface area contributed by atoms with Crippen molar-refractivity contribution in [2.45, 2.75) is 6.61 Å². The van der Waals surface area contributed by atoms with Crippen molar-refractivity contribution in [2.24, 2.45) is 0 Å². The van der Waals surface area contributed by atoms with E-state index in [1.54, 1.807) is 30.3 Å². The molecule has 3 rings (SSSR count). The summed E-state index contributed by atoms with van der Waals surface area (Å²) in [6.45, 7) is 1.33. The number of benzene rings is 2.